The van der Waals surface area contributed by atoms with Crippen LogP contribution < -0.4 is 0 Å². The van der Waals surface area contributed by atoms with Crippen LogP contribution in [0.2, 0.25) is 0 Å². The van der Waals surface area contributed by atoms with E-state index in [4.69, 9.17) is 0 Å². The molecule has 0 amide bonds. The van der Waals surface area contributed by atoms with Crippen molar-refractivity contribution >= 4 is 96.9 Å². The van der Waals surface area contributed by atoms with Gasteiger partial charge in [0.05, 0.1) is 0 Å². The molecule has 2 aliphatic carbocycles. The number of rotatable bonds is 0. The van der Waals surface area contributed by atoms with Gasteiger partial charge in [0.2, 0.25) is 0 Å². The van der Waals surface area contributed by atoms with E-state index in [-0.39, 0.29) is 10.8 Å². The van der Waals surface area contributed by atoms with Crippen molar-refractivity contribution < 1.29 is 0 Å². The quantitative estimate of drug-likeness (QED) is 0.136. The molecular weight excluding hydrogens is 795 g/mol. The Balaban J connectivity index is 0.0000000968. The largest absolute Gasteiger partial charge is 0.355 e. The van der Waals surface area contributed by atoms with Crippen LogP contribution in [0.5, 0.6) is 0 Å². The predicted octanol–water partition coefficient (Wildman–Crippen LogP) is 16.9. The summed E-state index contributed by atoms with van der Waals surface area (Å²) in [6.45, 7) is 9.36. The second-order valence-electron chi connectivity index (χ2n) is 18.7. The number of aromatic amines is 3. The van der Waals surface area contributed by atoms with Gasteiger partial charge in [-0.05, 0) is 99.1 Å². The second kappa shape index (κ2) is 13.6. The number of nitrogens with one attached hydrogen (secondary N) is 3. The van der Waals surface area contributed by atoms with E-state index in [1.807, 2.05) is 11.3 Å². The van der Waals surface area contributed by atoms with Crippen LogP contribution >= 0.6 is 11.3 Å². The van der Waals surface area contributed by atoms with Crippen LogP contribution in [-0.4, -0.2) is 15.0 Å². The van der Waals surface area contributed by atoms with Gasteiger partial charge >= 0.3 is 0 Å². The summed E-state index contributed by atoms with van der Waals surface area (Å²) >= 11 is 1.87. The fourth-order valence-electron chi connectivity index (χ4n) is 11.3. The number of aromatic nitrogens is 3. The van der Waals surface area contributed by atoms with Gasteiger partial charge < -0.3 is 15.0 Å². The van der Waals surface area contributed by atoms with E-state index >= 15 is 0 Å². The molecule has 306 valence electrons. The molecular formula is C60H45N3S. The van der Waals surface area contributed by atoms with Crippen molar-refractivity contribution in [3.8, 4) is 22.3 Å². The Morgan fingerprint density at radius 2 is 0.828 bits per heavy atom. The van der Waals surface area contributed by atoms with Crippen LogP contribution in [0, 0.1) is 0 Å². The lowest BCUT2D eigenvalue weighted by Gasteiger charge is -2.22. The summed E-state index contributed by atoms with van der Waals surface area (Å²) in [5.74, 6) is 0. The molecule has 15 rings (SSSR count). The molecule has 3 nitrogen and oxygen atoms in total. The van der Waals surface area contributed by atoms with E-state index < -0.39 is 0 Å². The number of thiophene rings is 1. The average molecular weight is 840 g/mol. The summed E-state index contributed by atoms with van der Waals surface area (Å²) in [7, 11) is 0. The van der Waals surface area contributed by atoms with Gasteiger partial charge in [0.1, 0.15) is 0 Å². The first-order valence-electron chi connectivity index (χ1n) is 22.3. The molecule has 64 heavy (non-hydrogen) atoms. The van der Waals surface area contributed by atoms with Crippen LogP contribution in [0.25, 0.3) is 108 Å². The number of benzene rings is 9. The first-order valence-corrected chi connectivity index (χ1v) is 23.2. The Hall–Kier alpha value is -7.40. The molecule has 13 aromatic rings. The molecule has 0 radical (unpaired) electrons. The van der Waals surface area contributed by atoms with Gasteiger partial charge in [-0.3, -0.25) is 0 Å². The van der Waals surface area contributed by atoms with Crippen molar-refractivity contribution in [1.29, 1.82) is 0 Å². The first-order chi connectivity index (χ1) is 31.2. The van der Waals surface area contributed by atoms with Gasteiger partial charge in [0, 0.05) is 96.4 Å². The van der Waals surface area contributed by atoms with E-state index in [1.54, 1.807) is 0 Å². The van der Waals surface area contributed by atoms with Crippen molar-refractivity contribution in [3.05, 3.63) is 204 Å². The molecule has 4 heterocycles. The lowest BCUT2D eigenvalue weighted by atomic mass is 9.80. The minimum Gasteiger partial charge on any atom is -0.355 e. The maximum Gasteiger partial charge on any atom is 0.0472 e. The van der Waals surface area contributed by atoms with Crippen LogP contribution in [0.4, 0.5) is 0 Å². The molecule has 2 aliphatic rings. The Morgan fingerprint density at radius 1 is 0.312 bits per heavy atom. The standard InChI is InChI=1S/2C21H17N.C18H11NS/c1-21(2)17-9-5-3-7-13(17)15-12-20-16(11-18(15)21)14-8-4-6-10-19(14)22-20;1-21(2)16-9-5-3-7-13(16)14-11-12-18-19(20(14)21)15-8-4-6-10-17(15)22-18;1-3-7-15-11(5-1)13-10-18-14(9-16(13)19-15)12-6-2-4-8-17(12)20-18/h2*3-12,22H,1-2H3;1-10,19H. The molecule has 0 spiro atoms. The molecule has 3 N–H and O–H groups in total. The van der Waals surface area contributed by atoms with E-state index in [0.717, 1.165) is 0 Å². The third kappa shape index (κ3) is 5.33. The summed E-state index contributed by atoms with van der Waals surface area (Å²) < 4.78 is 2.72. The number of hydrogen-bond acceptors (Lipinski definition) is 1. The van der Waals surface area contributed by atoms with Crippen molar-refractivity contribution in [3.63, 3.8) is 0 Å². The zero-order valence-electron chi connectivity index (χ0n) is 36.2. The Bertz CT molecular complexity index is 3940. The van der Waals surface area contributed by atoms with Gasteiger partial charge in [-0.15, -0.1) is 11.3 Å². The highest BCUT2D eigenvalue weighted by Crippen LogP contribution is 2.53. The molecule has 0 unspecified atom stereocenters. The predicted molar refractivity (Wildman–Crippen MR) is 275 cm³/mol. The normalized spacial score (nSPS) is 14.2. The molecule has 0 fully saturated rings. The van der Waals surface area contributed by atoms with Crippen molar-refractivity contribution in [2.75, 3.05) is 0 Å². The molecule has 9 aromatic carbocycles. The van der Waals surface area contributed by atoms with Gasteiger partial charge in [-0.2, -0.15) is 0 Å². The maximum atomic E-state index is 3.57. The van der Waals surface area contributed by atoms with E-state index in [1.165, 1.54) is 130 Å². The third-order valence-corrected chi connectivity index (χ3v) is 15.5. The zero-order chi connectivity index (χ0) is 42.9. The number of para-hydroxylation sites is 3. The molecule has 0 atom stereocenters. The summed E-state index contributed by atoms with van der Waals surface area (Å²) in [5.41, 5.74) is 18.7. The van der Waals surface area contributed by atoms with E-state index in [2.05, 4.69) is 225 Å². The average Bonchev–Trinajstić information content (AvgIpc) is 4.15. The monoisotopic (exact) mass is 839 g/mol. The zero-order valence-corrected chi connectivity index (χ0v) is 37.0. The summed E-state index contributed by atoms with van der Waals surface area (Å²) in [6, 6.07) is 65.8. The van der Waals surface area contributed by atoms with Crippen molar-refractivity contribution in [2.24, 2.45) is 0 Å². The van der Waals surface area contributed by atoms with Crippen molar-refractivity contribution in [2.45, 2.75) is 38.5 Å². The van der Waals surface area contributed by atoms with E-state index in [0.29, 0.717) is 0 Å². The molecule has 4 heteroatoms. The minimum atomic E-state index is 0.0381. The van der Waals surface area contributed by atoms with Gasteiger partial charge in [-0.25, -0.2) is 0 Å². The number of hydrogen-bond donors (Lipinski definition) is 3. The Kier molecular flexibility index (Phi) is 7.87. The van der Waals surface area contributed by atoms with Gasteiger partial charge in [-0.1, -0.05) is 155 Å². The highest BCUT2D eigenvalue weighted by Gasteiger charge is 2.38. The van der Waals surface area contributed by atoms with Gasteiger partial charge in [0.15, 0.2) is 0 Å². The third-order valence-electron chi connectivity index (χ3n) is 14.4. The fourth-order valence-corrected chi connectivity index (χ4v) is 12.5. The maximum absolute atomic E-state index is 3.57. The van der Waals surface area contributed by atoms with Gasteiger partial charge in [0.25, 0.3) is 0 Å². The minimum absolute atomic E-state index is 0.0381. The molecule has 4 aromatic heterocycles. The van der Waals surface area contributed by atoms with Crippen LogP contribution in [0.3, 0.4) is 0 Å². The Labute approximate surface area is 375 Å². The molecule has 0 saturated carbocycles. The molecule has 0 bridgehead atoms. The number of H-pyrrole nitrogens is 3. The highest BCUT2D eigenvalue weighted by atomic mass is 32.1. The summed E-state index contributed by atoms with van der Waals surface area (Å²) in [5, 5.41) is 10.7. The molecule has 0 aliphatic heterocycles. The Morgan fingerprint density at radius 3 is 1.53 bits per heavy atom. The van der Waals surface area contributed by atoms with Crippen LogP contribution in [0.15, 0.2) is 182 Å². The van der Waals surface area contributed by atoms with Crippen LogP contribution in [-0.2, 0) is 10.8 Å². The van der Waals surface area contributed by atoms with E-state index in [9.17, 15) is 0 Å². The number of fused-ring (bicyclic) bond motifs is 19. The summed E-state index contributed by atoms with van der Waals surface area (Å²) in [4.78, 5) is 10.7. The first kappa shape index (κ1) is 37.2. The topological polar surface area (TPSA) is 47.4 Å². The second-order valence-corrected chi connectivity index (χ2v) is 19.8. The fraction of sp³-hybridized carbons (Fsp3) is 0.100. The SMILES string of the molecule is CC1(C)c2ccccc2-c2cc3[nH]c4ccccc4c3cc21.CC1(C)c2ccccc2-c2ccc3[nH]c4ccccc4c3c21.c1ccc2c(c1)[nH]c1cc3c(cc12)sc1ccccc13. The highest BCUT2D eigenvalue weighted by molar-refractivity contribution is 7.25. The van der Waals surface area contributed by atoms with Crippen molar-refractivity contribution in [1.82, 2.24) is 15.0 Å². The van der Waals surface area contributed by atoms with Crippen LogP contribution in [0.1, 0.15) is 49.9 Å². The lowest BCUT2D eigenvalue weighted by molar-refractivity contribution is 0.661. The lowest BCUT2D eigenvalue weighted by Crippen LogP contribution is -2.15. The smallest absolute Gasteiger partial charge is 0.0472 e. The molecule has 0 saturated heterocycles. The summed E-state index contributed by atoms with van der Waals surface area (Å²) in [6.07, 6.45) is 0.